The summed E-state index contributed by atoms with van der Waals surface area (Å²) < 4.78 is 26.0. The smallest absolute Gasteiger partial charge is 0.302 e. The molecule has 0 radical (unpaired) electrons. The van der Waals surface area contributed by atoms with Gasteiger partial charge in [0.2, 0.25) is 0 Å². The molecule has 0 heterocycles. The third-order valence-corrected chi connectivity index (χ3v) is 7.66. The number of hydrogen-bond acceptors (Lipinski definition) is 3. The maximum atomic E-state index is 13.7. The second-order valence-electron chi connectivity index (χ2n) is 7.81. The van der Waals surface area contributed by atoms with Crippen molar-refractivity contribution in [2.75, 3.05) is 0 Å². The Hall–Kier alpha value is -0.630. The average molecular weight is 350 g/mol. The van der Waals surface area contributed by atoms with Crippen LogP contribution in [0.25, 0.3) is 0 Å². The van der Waals surface area contributed by atoms with Gasteiger partial charge < -0.3 is 9.05 Å². The van der Waals surface area contributed by atoms with Crippen LogP contribution < -0.4 is 5.30 Å². The van der Waals surface area contributed by atoms with Gasteiger partial charge in [-0.25, -0.2) is 0 Å². The van der Waals surface area contributed by atoms with Gasteiger partial charge in [0.15, 0.2) is 0 Å². The van der Waals surface area contributed by atoms with Crippen molar-refractivity contribution < 1.29 is 13.6 Å². The zero-order valence-electron chi connectivity index (χ0n) is 15.0. The van der Waals surface area contributed by atoms with Crippen LogP contribution in [0.2, 0.25) is 0 Å². The quantitative estimate of drug-likeness (QED) is 0.639. The number of benzene rings is 1. The summed E-state index contributed by atoms with van der Waals surface area (Å²) in [5, 5.41) is 0.710. The molecular formula is C20H31O3P. The summed E-state index contributed by atoms with van der Waals surface area (Å²) >= 11 is 0. The van der Waals surface area contributed by atoms with Gasteiger partial charge >= 0.3 is 7.60 Å². The first kappa shape index (κ1) is 18.2. The molecule has 0 bridgehead atoms. The van der Waals surface area contributed by atoms with Crippen molar-refractivity contribution in [2.45, 2.75) is 77.4 Å². The molecule has 4 heteroatoms. The normalized spacial score (nSPS) is 33.8. The zero-order valence-corrected chi connectivity index (χ0v) is 15.9. The summed E-state index contributed by atoms with van der Waals surface area (Å²) in [6, 6.07) is 9.55. The second kappa shape index (κ2) is 8.17. The van der Waals surface area contributed by atoms with Crippen LogP contribution in [0.5, 0.6) is 0 Å². The van der Waals surface area contributed by atoms with Gasteiger partial charge in [-0.05, 0) is 75.3 Å². The lowest BCUT2D eigenvalue weighted by molar-refractivity contribution is 0.0719. The van der Waals surface area contributed by atoms with Crippen LogP contribution in [-0.4, -0.2) is 12.2 Å². The maximum absolute atomic E-state index is 13.7. The van der Waals surface area contributed by atoms with Crippen molar-refractivity contribution in [1.29, 1.82) is 0 Å². The van der Waals surface area contributed by atoms with Crippen LogP contribution >= 0.6 is 7.60 Å². The van der Waals surface area contributed by atoms with Crippen molar-refractivity contribution in [2.24, 2.45) is 11.8 Å². The highest BCUT2D eigenvalue weighted by atomic mass is 31.2. The second-order valence-corrected chi connectivity index (χ2v) is 9.74. The Morgan fingerprint density at radius 2 is 1.17 bits per heavy atom. The van der Waals surface area contributed by atoms with E-state index >= 15 is 0 Å². The Balaban J connectivity index is 1.72. The molecule has 2 fully saturated rings. The SMILES string of the molecule is CC1CCC(OP(=O)(OC2CCC(C)CC2)c2ccccc2)CC1. The molecule has 2 aliphatic rings. The first-order chi connectivity index (χ1) is 11.5. The van der Waals surface area contributed by atoms with Crippen LogP contribution in [0.4, 0.5) is 0 Å². The highest BCUT2D eigenvalue weighted by Gasteiger charge is 2.36. The van der Waals surface area contributed by atoms with Gasteiger partial charge in [-0.15, -0.1) is 0 Å². The largest absolute Gasteiger partial charge is 0.361 e. The summed E-state index contributed by atoms with van der Waals surface area (Å²) in [4.78, 5) is 0. The van der Waals surface area contributed by atoms with Crippen molar-refractivity contribution in [3.8, 4) is 0 Å². The van der Waals surface area contributed by atoms with E-state index in [2.05, 4.69) is 13.8 Å². The predicted octanol–water partition coefficient (Wildman–Crippen LogP) is 5.70. The summed E-state index contributed by atoms with van der Waals surface area (Å²) in [5.41, 5.74) is 0. The van der Waals surface area contributed by atoms with E-state index in [-0.39, 0.29) is 12.2 Å². The fraction of sp³-hybridized carbons (Fsp3) is 0.700. The van der Waals surface area contributed by atoms with E-state index < -0.39 is 7.60 Å². The lowest BCUT2D eigenvalue weighted by Crippen LogP contribution is -2.26. The molecule has 2 aliphatic carbocycles. The van der Waals surface area contributed by atoms with Crippen LogP contribution in [0.15, 0.2) is 30.3 Å². The van der Waals surface area contributed by atoms with Crippen LogP contribution in [0.1, 0.15) is 65.2 Å². The molecule has 0 saturated heterocycles. The van der Waals surface area contributed by atoms with E-state index in [9.17, 15) is 4.57 Å². The monoisotopic (exact) mass is 350 g/mol. The lowest BCUT2D eigenvalue weighted by atomic mass is 9.89. The Bertz CT molecular complexity index is 515. The van der Waals surface area contributed by atoms with E-state index in [1.165, 1.54) is 0 Å². The van der Waals surface area contributed by atoms with Crippen molar-refractivity contribution in [1.82, 2.24) is 0 Å². The molecule has 1 aromatic rings. The Kier molecular flexibility index (Phi) is 6.18. The van der Waals surface area contributed by atoms with Crippen molar-refractivity contribution in [3.05, 3.63) is 30.3 Å². The van der Waals surface area contributed by atoms with Gasteiger partial charge in [0, 0.05) is 0 Å². The fourth-order valence-corrected chi connectivity index (χ4v) is 5.86. The van der Waals surface area contributed by atoms with E-state index in [1.807, 2.05) is 30.3 Å². The molecule has 1 aromatic carbocycles. The fourth-order valence-electron chi connectivity index (χ4n) is 3.82. The molecule has 0 spiro atoms. The molecule has 0 aliphatic heterocycles. The standard InChI is InChI=1S/C20H31O3P/c1-16-8-12-18(13-9-16)22-24(21,20-6-4-3-5-7-20)23-19-14-10-17(2)11-15-19/h3-7,16-19H,8-15H2,1-2H3. The van der Waals surface area contributed by atoms with E-state index in [4.69, 9.17) is 9.05 Å². The third-order valence-electron chi connectivity index (χ3n) is 5.57. The van der Waals surface area contributed by atoms with Crippen LogP contribution in [-0.2, 0) is 13.6 Å². The molecule has 3 rings (SSSR count). The summed E-state index contributed by atoms with van der Waals surface area (Å²) in [6.45, 7) is 4.57. The number of hydrogen-bond donors (Lipinski definition) is 0. The van der Waals surface area contributed by atoms with E-state index in [0.717, 1.165) is 63.2 Å². The maximum Gasteiger partial charge on any atom is 0.361 e. The van der Waals surface area contributed by atoms with Gasteiger partial charge in [-0.3, -0.25) is 4.57 Å². The summed E-state index contributed by atoms with van der Waals surface area (Å²) in [7, 11) is -3.25. The molecule has 2 saturated carbocycles. The minimum atomic E-state index is -3.25. The Morgan fingerprint density at radius 1 is 0.750 bits per heavy atom. The van der Waals surface area contributed by atoms with Crippen LogP contribution in [0, 0.1) is 11.8 Å². The lowest BCUT2D eigenvalue weighted by Gasteiger charge is -2.33. The Labute approximate surface area is 146 Å². The molecule has 24 heavy (non-hydrogen) atoms. The minimum Gasteiger partial charge on any atom is -0.302 e. The van der Waals surface area contributed by atoms with Crippen molar-refractivity contribution in [3.63, 3.8) is 0 Å². The minimum absolute atomic E-state index is 0.0646. The van der Waals surface area contributed by atoms with Gasteiger partial charge in [0.05, 0.1) is 17.5 Å². The van der Waals surface area contributed by atoms with Gasteiger partial charge in [0.25, 0.3) is 0 Å². The van der Waals surface area contributed by atoms with Gasteiger partial charge in [-0.2, -0.15) is 0 Å². The predicted molar refractivity (Wildman–Crippen MR) is 98.7 cm³/mol. The summed E-state index contributed by atoms with van der Waals surface area (Å²) in [5.74, 6) is 1.50. The van der Waals surface area contributed by atoms with Gasteiger partial charge in [0.1, 0.15) is 0 Å². The third kappa shape index (κ3) is 4.71. The first-order valence-corrected chi connectivity index (χ1v) is 11.1. The average Bonchev–Trinajstić information content (AvgIpc) is 2.60. The molecular weight excluding hydrogens is 319 g/mol. The molecule has 0 unspecified atom stereocenters. The van der Waals surface area contributed by atoms with E-state index in [0.29, 0.717) is 5.30 Å². The molecule has 0 amide bonds. The zero-order chi connectivity index (χ0) is 17.0. The highest BCUT2D eigenvalue weighted by molar-refractivity contribution is 7.62. The molecule has 0 N–H and O–H groups in total. The molecule has 134 valence electrons. The van der Waals surface area contributed by atoms with E-state index in [1.54, 1.807) is 0 Å². The van der Waals surface area contributed by atoms with Crippen molar-refractivity contribution >= 4 is 12.9 Å². The highest BCUT2D eigenvalue weighted by Crippen LogP contribution is 2.52. The molecule has 0 atom stereocenters. The van der Waals surface area contributed by atoms with Crippen LogP contribution in [0.3, 0.4) is 0 Å². The summed E-state index contributed by atoms with van der Waals surface area (Å²) in [6.07, 6.45) is 8.70. The van der Waals surface area contributed by atoms with Gasteiger partial charge in [-0.1, -0.05) is 32.0 Å². The topological polar surface area (TPSA) is 35.5 Å². The molecule has 3 nitrogen and oxygen atoms in total. The Morgan fingerprint density at radius 3 is 1.58 bits per heavy atom. The molecule has 0 aromatic heterocycles. The number of rotatable bonds is 5. The first-order valence-electron chi connectivity index (χ1n) is 9.57.